The molecule has 1 amide bonds. The molecule has 11 heteroatoms. The summed E-state index contributed by atoms with van der Waals surface area (Å²) in [5, 5.41) is 12.9. The first kappa shape index (κ1) is 27.1. The average Bonchev–Trinajstić information content (AvgIpc) is 3.33. The van der Waals surface area contributed by atoms with E-state index in [1.807, 2.05) is 61.7 Å². The lowest BCUT2D eigenvalue weighted by Gasteiger charge is -2.29. The Labute approximate surface area is 226 Å². The van der Waals surface area contributed by atoms with Crippen LogP contribution in [0.25, 0.3) is 0 Å². The second-order valence-corrected chi connectivity index (χ2v) is 10.2. The maximum Gasteiger partial charge on any atom is 0.234 e. The molecule has 3 aromatic rings. The number of hydrogen-bond donors (Lipinski definition) is 1. The van der Waals surface area contributed by atoms with Gasteiger partial charge in [-0.1, -0.05) is 35.5 Å². The number of morpholine rings is 1. The summed E-state index contributed by atoms with van der Waals surface area (Å²) in [5.74, 6) is 1.97. The minimum atomic E-state index is -0.374. The molecule has 198 valence electrons. The quantitative estimate of drug-likeness (QED) is 0.346. The van der Waals surface area contributed by atoms with Gasteiger partial charge < -0.3 is 29.0 Å². The first-order chi connectivity index (χ1) is 17.9. The van der Waals surface area contributed by atoms with E-state index in [0.29, 0.717) is 46.4 Å². The highest BCUT2D eigenvalue weighted by Crippen LogP contribution is 2.33. The highest BCUT2D eigenvalue weighted by atomic mass is 35.5. The fourth-order valence-electron chi connectivity index (χ4n) is 4.08. The Balaban J connectivity index is 1.39. The van der Waals surface area contributed by atoms with Gasteiger partial charge in [-0.2, -0.15) is 0 Å². The second-order valence-electron chi connectivity index (χ2n) is 8.82. The second kappa shape index (κ2) is 12.5. The zero-order valence-corrected chi connectivity index (χ0v) is 23.0. The summed E-state index contributed by atoms with van der Waals surface area (Å²) in [5.41, 5.74) is 1.59. The number of anilines is 2. The van der Waals surface area contributed by atoms with Crippen molar-refractivity contribution in [3.8, 4) is 11.5 Å². The molecule has 0 spiro atoms. The van der Waals surface area contributed by atoms with Crippen LogP contribution < -0.4 is 19.7 Å². The molecule has 1 unspecified atom stereocenters. The lowest BCUT2D eigenvalue weighted by Crippen LogP contribution is -2.36. The Morgan fingerprint density at radius 1 is 1.14 bits per heavy atom. The number of nitrogens with zero attached hydrogens (tertiary/aromatic N) is 4. The minimum absolute atomic E-state index is 0.0748. The van der Waals surface area contributed by atoms with Gasteiger partial charge in [0.2, 0.25) is 5.91 Å². The van der Waals surface area contributed by atoms with Crippen molar-refractivity contribution in [2.24, 2.45) is 0 Å². The predicted octanol–water partition coefficient (Wildman–Crippen LogP) is 5.23. The van der Waals surface area contributed by atoms with Crippen LogP contribution in [-0.4, -0.2) is 59.8 Å². The van der Waals surface area contributed by atoms with Crippen LogP contribution in [0.4, 0.5) is 11.4 Å². The molecular formula is C26H32ClN5O4S. The fourth-order valence-corrected chi connectivity index (χ4v) is 5.26. The number of para-hydroxylation sites is 2. The normalized spacial score (nSPS) is 14.5. The highest BCUT2D eigenvalue weighted by molar-refractivity contribution is 7.99. The molecule has 1 N–H and O–H groups in total. The zero-order chi connectivity index (χ0) is 26.4. The van der Waals surface area contributed by atoms with Gasteiger partial charge in [0.25, 0.3) is 0 Å². The highest BCUT2D eigenvalue weighted by Gasteiger charge is 2.23. The summed E-state index contributed by atoms with van der Waals surface area (Å²) < 4.78 is 18.9. The molecule has 0 radical (unpaired) electrons. The monoisotopic (exact) mass is 545 g/mol. The molecule has 0 bridgehead atoms. The summed E-state index contributed by atoms with van der Waals surface area (Å²) in [6, 6.07) is 13.1. The summed E-state index contributed by atoms with van der Waals surface area (Å²) in [4.78, 5) is 14.9. The van der Waals surface area contributed by atoms with Crippen molar-refractivity contribution in [1.29, 1.82) is 0 Å². The summed E-state index contributed by atoms with van der Waals surface area (Å²) in [7, 11) is 1.61. The van der Waals surface area contributed by atoms with Gasteiger partial charge >= 0.3 is 0 Å². The predicted molar refractivity (Wildman–Crippen MR) is 146 cm³/mol. The van der Waals surface area contributed by atoms with Gasteiger partial charge in [0, 0.05) is 24.8 Å². The number of benzene rings is 2. The van der Waals surface area contributed by atoms with Gasteiger partial charge in [-0.15, -0.1) is 10.2 Å². The van der Waals surface area contributed by atoms with Crippen molar-refractivity contribution in [2.45, 2.75) is 38.1 Å². The largest absolute Gasteiger partial charge is 0.493 e. The molecular weight excluding hydrogens is 514 g/mol. The van der Waals surface area contributed by atoms with Gasteiger partial charge in [0.15, 0.2) is 28.6 Å². The first-order valence-corrected chi connectivity index (χ1v) is 13.5. The summed E-state index contributed by atoms with van der Waals surface area (Å²) in [6.07, 6.45) is -0.374. The van der Waals surface area contributed by atoms with Crippen molar-refractivity contribution in [3.05, 3.63) is 53.3 Å². The van der Waals surface area contributed by atoms with Gasteiger partial charge in [-0.25, -0.2) is 0 Å². The number of hydrogen-bond acceptors (Lipinski definition) is 8. The standard InChI is InChI=1S/C26H32ClN5O4S/c1-17(2)32-25(18(3)36-23-8-6-5-7-22(23)34-4)29-30-26(32)37-16-24(33)28-19-9-10-21(20(27)15-19)31-11-13-35-14-12-31/h5-10,15,17-18H,11-14,16H2,1-4H3,(H,28,33). The molecule has 4 rings (SSSR count). The summed E-state index contributed by atoms with van der Waals surface area (Å²) in [6.45, 7) is 8.96. The van der Waals surface area contributed by atoms with Gasteiger partial charge in [0.1, 0.15) is 0 Å². The van der Waals surface area contributed by atoms with Crippen molar-refractivity contribution in [1.82, 2.24) is 14.8 Å². The number of halogens is 1. The van der Waals surface area contributed by atoms with Gasteiger partial charge in [-0.3, -0.25) is 4.79 Å². The summed E-state index contributed by atoms with van der Waals surface area (Å²) >= 11 is 7.83. The Bertz CT molecular complexity index is 1220. The Morgan fingerprint density at radius 3 is 2.54 bits per heavy atom. The lowest BCUT2D eigenvalue weighted by molar-refractivity contribution is -0.113. The third-order valence-corrected chi connectivity index (χ3v) is 7.11. The van der Waals surface area contributed by atoms with Crippen LogP contribution in [0.3, 0.4) is 0 Å². The van der Waals surface area contributed by atoms with E-state index >= 15 is 0 Å². The van der Waals surface area contributed by atoms with E-state index in [-0.39, 0.29) is 23.8 Å². The van der Waals surface area contributed by atoms with Crippen molar-refractivity contribution < 1.29 is 19.0 Å². The van der Waals surface area contributed by atoms with Crippen molar-refractivity contribution >= 4 is 40.6 Å². The van der Waals surface area contributed by atoms with Crippen LogP contribution >= 0.6 is 23.4 Å². The molecule has 1 aliphatic heterocycles. The van der Waals surface area contributed by atoms with Crippen LogP contribution in [0, 0.1) is 0 Å². The van der Waals surface area contributed by atoms with E-state index < -0.39 is 0 Å². The van der Waals surface area contributed by atoms with E-state index in [4.69, 9.17) is 25.8 Å². The molecule has 1 atom stereocenters. The molecule has 9 nitrogen and oxygen atoms in total. The van der Waals surface area contributed by atoms with Gasteiger partial charge in [0.05, 0.1) is 36.8 Å². The van der Waals surface area contributed by atoms with Crippen LogP contribution in [0.15, 0.2) is 47.6 Å². The van der Waals surface area contributed by atoms with E-state index in [0.717, 1.165) is 18.8 Å². The number of rotatable bonds is 10. The number of aromatic nitrogens is 3. The van der Waals surface area contributed by atoms with E-state index in [9.17, 15) is 4.79 Å². The van der Waals surface area contributed by atoms with Crippen LogP contribution in [0.5, 0.6) is 11.5 Å². The maximum atomic E-state index is 12.7. The third-order valence-electron chi connectivity index (χ3n) is 5.86. The van der Waals surface area contributed by atoms with Gasteiger partial charge in [-0.05, 0) is 51.1 Å². The molecule has 1 fully saturated rings. The van der Waals surface area contributed by atoms with Crippen LogP contribution in [0.1, 0.15) is 38.7 Å². The van der Waals surface area contributed by atoms with E-state index in [2.05, 4.69) is 20.4 Å². The number of carbonyl (C=O) groups is 1. The number of nitrogens with one attached hydrogen (secondary N) is 1. The Hall–Kier alpha value is -2.95. The third kappa shape index (κ3) is 6.68. The molecule has 1 saturated heterocycles. The fraction of sp³-hybridized carbons (Fsp3) is 0.423. The molecule has 2 heterocycles. The Morgan fingerprint density at radius 2 is 1.86 bits per heavy atom. The number of ether oxygens (including phenoxy) is 3. The molecule has 37 heavy (non-hydrogen) atoms. The van der Waals surface area contributed by atoms with Crippen molar-refractivity contribution in [3.63, 3.8) is 0 Å². The SMILES string of the molecule is COc1ccccc1OC(C)c1nnc(SCC(=O)Nc2ccc(N3CCOCC3)c(Cl)c2)n1C(C)C. The maximum absolute atomic E-state index is 12.7. The molecule has 2 aromatic carbocycles. The molecule has 0 aliphatic carbocycles. The molecule has 1 aromatic heterocycles. The lowest BCUT2D eigenvalue weighted by atomic mass is 10.2. The number of carbonyl (C=O) groups excluding carboxylic acids is 1. The number of methoxy groups -OCH3 is 1. The van der Waals surface area contributed by atoms with Crippen molar-refractivity contribution in [2.75, 3.05) is 49.4 Å². The van der Waals surface area contributed by atoms with E-state index in [1.54, 1.807) is 13.2 Å². The topological polar surface area (TPSA) is 90.7 Å². The average molecular weight is 546 g/mol. The molecule has 1 aliphatic rings. The van der Waals surface area contributed by atoms with Crippen LogP contribution in [0.2, 0.25) is 5.02 Å². The Kier molecular flexibility index (Phi) is 9.18. The van der Waals surface area contributed by atoms with E-state index in [1.165, 1.54) is 11.8 Å². The number of amides is 1. The minimum Gasteiger partial charge on any atom is -0.493 e. The molecule has 0 saturated carbocycles. The first-order valence-electron chi connectivity index (χ1n) is 12.2. The number of thioether (sulfide) groups is 1. The smallest absolute Gasteiger partial charge is 0.234 e. The zero-order valence-electron chi connectivity index (χ0n) is 21.4. The van der Waals surface area contributed by atoms with Crippen LogP contribution in [-0.2, 0) is 9.53 Å².